The van der Waals surface area contributed by atoms with E-state index in [1.54, 1.807) is 0 Å². The first-order valence-electron chi connectivity index (χ1n) is 4.30. The Kier molecular flexibility index (Phi) is 4.85. The van der Waals surface area contributed by atoms with Crippen molar-refractivity contribution in [3.63, 3.8) is 0 Å². The molecular formula is C8H18Cl2N2. The van der Waals surface area contributed by atoms with Crippen LogP contribution in [0, 0.1) is 0 Å². The van der Waals surface area contributed by atoms with Gasteiger partial charge in [-0.15, -0.1) is 24.8 Å². The lowest BCUT2D eigenvalue weighted by Gasteiger charge is -2.18. The molecule has 0 amide bonds. The maximum atomic E-state index is 5.98. The fourth-order valence-electron chi connectivity index (χ4n) is 1.70. The molecule has 2 rings (SSSR count). The second kappa shape index (κ2) is 4.66. The van der Waals surface area contributed by atoms with E-state index in [1.165, 1.54) is 38.8 Å². The SMILES string of the molecule is Cl.Cl.NC1(CN2CCCC2)CC1. The van der Waals surface area contributed by atoms with Gasteiger partial charge in [-0.3, -0.25) is 0 Å². The van der Waals surface area contributed by atoms with Gasteiger partial charge in [0.1, 0.15) is 0 Å². The first kappa shape index (κ1) is 12.5. The monoisotopic (exact) mass is 212 g/mol. The number of nitrogens with zero attached hydrogens (tertiary/aromatic N) is 1. The Bertz CT molecular complexity index is 131. The highest BCUT2D eigenvalue weighted by Gasteiger charge is 2.39. The van der Waals surface area contributed by atoms with E-state index >= 15 is 0 Å². The molecule has 0 bridgehead atoms. The summed E-state index contributed by atoms with van der Waals surface area (Å²) in [6.45, 7) is 3.74. The highest BCUT2D eigenvalue weighted by molar-refractivity contribution is 5.85. The quantitative estimate of drug-likeness (QED) is 0.751. The Balaban J connectivity index is 0.000000605. The Morgan fingerprint density at radius 3 is 2.00 bits per heavy atom. The summed E-state index contributed by atoms with van der Waals surface area (Å²) in [4.78, 5) is 2.51. The fraction of sp³-hybridized carbons (Fsp3) is 1.00. The van der Waals surface area contributed by atoms with Crippen molar-refractivity contribution in [1.82, 2.24) is 4.90 Å². The van der Waals surface area contributed by atoms with E-state index in [4.69, 9.17) is 5.73 Å². The second-order valence-corrected chi connectivity index (χ2v) is 3.85. The number of nitrogens with two attached hydrogens (primary N) is 1. The van der Waals surface area contributed by atoms with E-state index < -0.39 is 0 Å². The van der Waals surface area contributed by atoms with Crippen LogP contribution in [-0.4, -0.2) is 30.1 Å². The van der Waals surface area contributed by atoms with Gasteiger partial charge in [-0.1, -0.05) is 0 Å². The van der Waals surface area contributed by atoms with Crippen LogP contribution in [-0.2, 0) is 0 Å². The molecule has 2 aliphatic rings. The molecule has 0 atom stereocenters. The third-order valence-corrected chi connectivity index (χ3v) is 2.63. The summed E-state index contributed by atoms with van der Waals surface area (Å²) in [6.07, 6.45) is 5.28. The van der Waals surface area contributed by atoms with Crippen LogP contribution in [0.25, 0.3) is 0 Å². The second-order valence-electron chi connectivity index (χ2n) is 3.85. The van der Waals surface area contributed by atoms with Gasteiger partial charge in [-0.05, 0) is 38.8 Å². The molecule has 1 aliphatic carbocycles. The van der Waals surface area contributed by atoms with E-state index in [0.29, 0.717) is 0 Å². The molecule has 0 aromatic carbocycles. The van der Waals surface area contributed by atoms with Gasteiger partial charge in [-0.2, -0.15) is 0 Å². The first-order valence-corrected chi connectivity index (χ1v) is 4.30. The zero-order valence-corrected chi connectivity index (χ0v) is 8.92. The predicted octanol–water partition coefficient (Wildman–Crippen LogP) is 1.42. The van der Waals surface area contributed by atoms with Crippen LogP contribution in [0.2, 0.25) is 0 Å². The van der Waals surface area contributed by atoms with E-state index in [1.807, 2.05) is 0 Å². The normalized spacial score (nSPS) is 25.8. The van der Waals surface area contributed by atoms with Gasteiger partial charge < -0.3 is 10.6 Å². The van der Waals surface area contributed by atoms with E-state index in [0.717, 1.165) is 6.54 Å². The van der Waals surface area contributed by atoms with Crippen molar-refractivity contribution < 1.29 is 0 Å². The molecule has 2 fully saturated rings. The third kappa shape index (κ3) is 3.09. The van der Waals surface area contributed by atoms with Crippen molar-refractivity contribution in [2.45, 2.75) is 31.2 Å². The van der Waals surface area contributed by atoms with Gasteiger partial charge in [0.25, 0.3) is 0 Å². The van der Waals surface area contributed by atoms with Crippen LogP contribution in [0.3, 0.4) is 0 Å². The maximum absolute atomic E-state index is 5.98. The van der Waals surface area contributed by atoms with E-state index in [-0.39, 0.29) is 30.4 Å². The summed E-state index contributed by atoms with van der Waals surface area (Å²) < 4.78 is 0. The van der Waals surface area contributed by atoms with Crippen LogP contribution in [0.15, 0.2) is 0 Å². The van der Waals surface area contributed by atoms with Gasteiger partial charge >= 0.3 is 0 Å². The molecule has 1 saturated heterocycles. The molecule has 1 aliphatic heterocycles. The van der Waals surface area contributed by atoms with E-state index in [2.05, 4.69) is 4.90 Å². The Morgan fingerprint density at radius 1 is 1.08 bits per heavy atom. The van der Waals surface area contributed by atoms with Gasteiger partial charge in [0.2, 0.25) is 0 Å². The third-order valence-electron chi connectivity index (χ3n) is 2.63. The van der Waals surface area contributed by atoms with Crippen molar-refractivity contribution >= 4 is 24.8 Å². The standard InChI is InChI=1S/C8H16N2.2ClH/c9-8(3-4-8)7-10-5-1-2-6-10;;/h1-7,9H2;2*1H. The zero-order valence-electron chi connectivity index (χ0n) is 7.29. The van der Waals surface area contributed by atoms with Crippen molar-refractivity contribution in [1.29, 1.82) is 0 Å². The molecule has 12 heavy (non-hydrogen) atoms. The minimum absolute atomic E-state index is 0. The summed E-state index contributed by atoms with van der Waals surface area (Å²) in [5.41, 5.74) is 6.23. The highest BCUT2D eigenvalue weighted by atomic mass is 35.5. The van der Waals surface area contributed by atoms with E-state index in [9.17, 15) is 0 Å². The largest absolute Gasteiger partial charge is 0.324 e. The van der Waals surface area contributed by atoms with Crippen LogP contribution in [0.4, 0.5) is 0 Å². The predicted molar refractivity (Wildman–Crippen MR) is 56.3 cm³/mol. The molecule has 0 aromatic rings. The van der Waals surface area contributed by atoms with Crippen LogP contribution < -0.4 is 5.73 Å². The summed E-state index contributed by atoms with van der Waals surface area (Å²) >= 11 is 0. The number of likely N-dealkylation sites (tertiary alicyclic amines) is 1. The van der Waals surface area contributed by atoms with Gasteiger partial charge in [0.15, 0.2) is 0 Å². The smallest absolute Gasteiger partial charge is 0.0284 e. The molecule has 2 N–H and O–H groups in total. The molecule has 0 spiro atoms. The van der Waals surface area contributed by atoms with Crippen molar-refractivity contribution in [3.8, 4) is 0 Å². The number of rotatable bonds is 2. The number of halogens is 2. The average Bonchev–Trinajstić information content (AvgIpc) is 2.47. The summed E-state index contributed by atoms with van der Waals surface area (Å²) in [5, 5.41) is 0. The number of hydrogen-bond donors (Lipinski definition) is 1. The average molecular weight is 213 g/mol. The summed E-state index contributed by atoms with van der Waals surface area (Å²) in [5.74, 6) is 0. The van der Waals surface area contributed by atoms with Crippen molar-refractivity contribution in [2.75, 3.05) is 19.6 Å². The minimum atomic E-state index is 0. The van der Waals surface area contributed by atoms with Gasteiger partial charge in [0.05, 0.1) is 0 Å². The summed E-state index contributed by atoms with van der Waals surface area (Å²) in [6, 6.07) is 0. The lowest BCUT2D eigenvalue weighted by atomic mass is 10.3. The number of hydrogen-bond acceptors (Lipinski definition) is 2. The lowest BCUT2D eigenvalue weighted by molar-refractivity contribution is 0.306. The topological polar surface area (TPSA) is 29.3 Å². The molecular weight excluding hydrogens is 195 g/mol. The minimum Gasteiger partial charge on any atom is -0.324 e. The van der Waals surface area contributed by atoms with Crippen molar-refractivity contribution in [3.05, 3.63) is 0 Å². The molecule has 74 valence electrons. The zero-order chi connectivity index (χ0) is 7.03. The molecule has 2 nitrogen and oxygen atoms in total. The maximum Gasteiger partial charge on any atom is 0.0284 e. The van der Waals surface area contributed by atoms with Gasteiger partial charge in [0, 0.05) is 12.1 Å². The van der Waals surface area contributed by atoms with Crippen LogP contribution in [0.5, 0.6) is 0 Å². The van der Waals surface area contributed by atoms with Crippen molar-refractivity contribution in [2.24, 2.45) is 5.73 Å². The van der Waals surface area contributed by atoms with Crippen LogP contribution >= 0.6 is 24.8 Å². The molecule has 1 saturated carbocycles. The van der Waals surface area contributed by atoms with Crippen LogP contribution in [0.1, 0.15) is 25.7 Å². The summed E-state index contributed by atoms with van der Waals surface area (Å²) in [7, 11) is 0. The Morgan fingerprint density at radius 2 is 1.58 bits per heavy atom. The molecule has 0 unspecified atom stereocenters. The molecule has 0 aromatic heterocycles. The first-order chi connectivity index (χ1) is 4.79. The highest BCUT2D eigenvalue weighted by Crippen LogP contribution is 2.33. The Hall–Kier alpha value is 0.500. The molecule has 1 heterocycles. The lowest BCUT2D eigenvalue weighted by Crippen LogP contribution is -2.37. The molecule has 0 radical (unpaired) electrons. The van der Waals surface area contributed by atoms with Gasteiger partial charge in [-0.25, -0.2) is 0 Å². The molecule has 4 heteroatoms. The fourth-order valence-corrected chi connectivity index (χ4v) is 1.70. The Labute approximate surface area is 86.7 Å².